The normalized spacial score (nSPS) is 14.0. The molecule has 0 saturated heterocycles. The van der Waals surface area contributed by atoms with E-state index in [4.69, 9.17) is 4.74 Å². The third-order valence-corrected chi connectivity index (χ3v) is 2.02. The first kappa shape index (κ1) is 5.88. The van der Waals surface area contributed by atoms with Crippen LogP contribution in [0.5, 0.6) is 5.75 Å². The van der Waals surface area contributed by atoms with Crippen LogP contribution in [0, 0.1) is 0 Å². The molecule has 0 atom stereocenters. The van der Waals surface area contributed by atoms with Crippen molar-refractivity contribution in [3.05, 3.63) is 18.5 Å². The van der Waals surface area contributed by atoms with Crippen LogP contribution in [0.3, 0.4) is 0 Å². The standard InChI is InChI=1S/C8H7N3O/c1-2-6-8(12-4-11-6)7-5(1)9-3-10-7/h1-3,11H,4H2,(H,9,10). The van der Waals surface area contributed by atoms with Gasteiger partial charge < -0.3 is 15.0 Å². The minimum atomic E-state index is 0.543. The van der Waals surface area contributed by atoms with Crippen molar-refractivity contribution < 1.29 is 4.74 Å². The molecule has 1 aliphatic rings. The van der Waals surface area contributed by atoms with E-state index in [0.717, 1.165) is 22.5 Å². The molecule has 0 radical (unpaired) electrons. The Bertz CT molecular complexity index is 435. The quantitative estimate of drug-likeness (QED) is 0.612. The number of hydrogen-bond donors (Lipinski definition) is 2. The van der Waals surface area contributed by atoms with Gasteiger partial charge in [0.2, 0.25) is 0 Å². The molecule has 2 heterocycles. The minimum absolute atomic E-state index is 0.543. The fraction of sp³-hybridized carbons (Fsp3) is 0.125. The fourth-order valence-corrected chi connectivity index (χ4v) is 1.45. The molecule has 0 fully saturated rings. The summed E-state index contributed by atoms with van der Waals surface area (Å²) in [6.07, 6.45) is 1.67. The van der Waals surface area contributed by atoms with Crippen molar-refractivity contribution in [1.29, 1.82) is 0 Å². The predicted octanol–water partition coefficient (Wildman–Crippen LogP) is 1.32. The van der Waals surface area contributed by atoms with E-state index in [0.29, 0.717) is 6.73 Å². The van der Waals surface area contributed by atoms with Crippen LogP contribution in [0.25, 0.3) is 11.0 Å². The van der Waals surface area contributed by atoms with Crippen molar-refractivity contribution in [3.63, 3.8) is 0 Å². The number of H-pyrrole nitrogens is 1. The van der Waals surface area contributed by atoms with E-state index >= 15 is 0 Å². The van der Waals surface area contributed by atoms with E-state index in [1.807, 2.05) is 12.1 Å². The van der Waals surface area contributed by atoms with Crippen LogP contribution in [0.2, 0.25) is 0 Å². The molecule has 1 aliphatic heterocycles. The lowest BCUT2D eigenvalue weighted by Gasteiger charge is -1.96. The van der Waals surface area contributed by atoms with Gasteiger partial charge in [0, 0.05) is 0 Å². The van der Waals surface area contributed by atoms with Gasteiger partial charge >= 0.3 is 0 Å². The van der Waals surface area contributed by atoms with Gasteiger partial charge in [0.05, 0.1) is 17.5 Å². The van der Waals surface area contributed by atoms with Crippen molar-refractivity contribution in [1.82, 2.24) is 9.97 Å². The zero-order chi connectivity index (χ0) is 7.97. The third kappa shape index (κ3) is 0.592. The number of benzene rings is 1. The SMILES string of the molecule is c1nc2c3c(ccc2[nH]1)NCO3. The third-order valence-electron chi connectivity index (χ3n) is 2.02. The van der Waals surface area contributed by atoms with Gasteiger partial charge in [-0.15, -0.1) is 0 Å². The van der Waals surface area contributed by atoms with Gasteiger partial charge in [-0.3, -0.25) is 0 Å². The molecule has 3 rings (SSSR count). The van der Waals surface area contributed by atoms with Crippen molar-refractivity contribution in [2.24, 2.45) is 0 Å². The molecule has 0 saturated carbocycles. The number of hydrogen-bond acceptors (Lipinski definition) is 3. The molecule has 12 heavy (non-hydrogen) atoms. The first-order valence-corrected chi connectivity index (χ1v) is 3.78. The smallest absolute Gasteiger partial charge is 0.172 e. The van der Waals surface area contributed by atoms with Crippen molar-refractivity contribution in [3.8, 4) is 5.75 Å². The van der Waals surface area contributed by atoms with Gasteiger partial charge in [-0.05, 0) is 12.1 Å². The molecule has 0 spiro atoms. The molecule has 1 aromatic carbocycles. The highest BCUT2D eigenvalue weighted by molar-refractivity contribution is 5.88. The number of rotatable bonds is 0. The largest absolute Gasteiger partial charge is 0.469 e. The summed E-state index contributed by atoms with van der Waals surface area (Å²) >= 11 is 0. The molecular weight excluding hydrogens is 154 g/mol. The van der Waals surface area contributed by atoms with Gasteiger partial charge in [0.1, 0.15) is 5.52 Å². The highest BCUT2D eigenvalue weighted by Gasteiger charge is 2.15. The summed E-state index contributed by atoms with van der Waals surface area (Å²) in [7, 11) is 0. The zero-order valence-corrected chi connectivity index (χ0v) is 6.29. The van der Waals surface area contributed by atoms with E-state index in [-0.39, 0.29) is 0 Å². The van der Waals surface area contributed by atoms with Crippen molar-refractivity contribution in [2.75, 3.05) is 12.0 Å². The Morgan fingerprint density at radius 1 is 1.42 bits per heavy atom. The van der Waals surface area contributed by atoms with Gasteiger partial charge in [0.15, 0.2) is 12.5 Å². The van der Waals surface area contributed by atoms with Crippen LogP contribution in [0.4, 0.5) is 5.69 Å². The number of imidazole rings is 1. The van der Waals surface area contributed by atoms with Gasteiger partial charge in [-0.2, -0.15) is 0 Å². The number of nitrogens with zero attached hydrogens (tertiary/aromatic N) is 1. The number of aromatic nitrogens is 2. The molecular formula is C8H7N3O. The Kier molecular flexibility index (Phi) is 0.935. The van der Waals surface area contributed by atoms with Crippen molar-refractivity contribution in [2.45, 2.75) is 0 Å². The summed E-state index contributed by atoms with van der Waals surface area (Å²) in [4.78, 5) is 7.20. The zero-order valence-electron chi connectivity index (χ0n) is 6.29. The topological polar surface area (TPSA) is 49.9 Å². The average molecular weight is 161 g/mol. The monoisotopic (exact) mass is 161 g/mol. The molecule has 0 unspecified atom stereocenters. The van der Waals surface area contributed by atoms with E-state index in [9.17, 15) is 0 Å². The first-order valence-electron chi connectivity index (χ1n) is 3.78. The molecule has 0 aliphatic carbocycles. The molecule has 4 nitrogen and oxygen atoms in total. The maximum absolute atomic E-state index is 5.38. The number of ether oxygens (including phenoxy) is 1. The van der Waals surface area contributed by atoms with Crippen molar-refractivity contribution >= 4 is 16.7 Å². The minimum Gasteiger partial charge on any atom is -0.469 e. The molecule has 2 N–H and O–H groups in total. The first-order chi connectivity index (χ1) is 5.95. The predicted molar refractivity (Wildman–Crippen MR) is 45.2 cm³/mol. The fourth-order valence-electron chi connectivity index (χ4n) is 1.45. The lowest BCUT2D eigenvalue weighted by Crippen LogP contribution is -1.96. The Morgan fingerprint density at radius 2 is 2.42 bits per heavy atom. The van der Waals surface area contributed by atoms with E-state index < -0.39 is 0 Å². The van der Waals surface area contributed by atoms with Gasteiger partial charge in [-0.25, -0.2) is 4.98 Å². The summed E-state index contributed by atoms with van der Waals surface area (Å²) in [5, 5.41) is 3.11. The van der Waals surface area contributed by atoms with E-state index in [1.165, 1.54) is 0 Å². The summed E-state index contributed by atoms with van der Waals surface area (Å²) in [6, 6.07) is 3.98. The number of nitrogens with one attached hydrogen (secondary N) is 2. The summed E-state index contributed by atoms with van der Waals surface area (Å²) in [6.45, 7) is 0.543. The summed E-state index contributed by atoms with van der Waals surface area (Å²) in [5.74, 6) is 0.855. The van der Waals surface area contributed by atoms with Crippen LogP contribution < -0.4 is 10.1 Å². The van der Waals surface area contributed by atoms with Crippen LogP contribution in [-0.4, -0.2) is 16.7 Å². The lowest BCUT2D eigenvalue weighted by atomic mass is 10.2. The Balaban J connectivity index is 2.46. The maximum atomic E-state index is 5.38. The van der Waals surface area contributed by atoms with E-state index in [1.54, 1.807) is 6.33 Å². The maximum Gasteiger partial charge on any atom is 0.172 e. The lowest BCUT2D eigenvalue weighted by molar-refractivity contribution is 0.376. The number of anilines is 1. The molecule has 0 bridgehead atoms. The number of aromatic amines is 1. The molecule has 4 heteroatoms. The van der Waals surface area contributed by atoms with Crippen LogP contribution in [-0.2, 0) is 0 Å². The van der Waals surface area contributed by atoms with E-state index in [2.05, 4.69) is 15.3 Å². The highest BCUT2D eigenvalue weighted by atomic mass is 16.5. The second-order valence-electron chi connectivity index (χ2n) is 2.71. The van der Waals surface area contributed by atoms with Gasteiger partial charge in [0.25, 0.3) is 0 Å². The van der Waals surface area contributed by atoms with Crippen LogP contribution in [0.15, 0.2) is 18.5 Å². The average Bonchev–Trinajstić information content (AvgIpc) is 2.71. The second kappa shape index (κ2) is 1.91. The highest BCUT2D eigenvalue weighted by Crippen LogP contribution is 2.34. The summed E-state index contributed by atoms with van der Waals surface area (Å²) in [5.41, 5.74) is 2.93. The molecule has 0 amide bonds. The second-order valence-corrected chi connectivity index (χ2v) is 2.71. The Morgan fingerprint density at radius 3 is 3.42 bits per heavy atom. The molecule has 60 valence electrons. The summed E-state index contributed by atoms with van der Waals surface area (Å²) < 4.78 is 5.38. The molecule has 2 aromatic rings. The molecule has 1 aromatic heterocycles. The van der Waals surface area contributed by atoms with Gasteiger partial charge in [-0.1, -0.05) is 0 Å². The Hall–Kier alpha value is -1.71. The van der Waals surface area contributed by atoms with Crippen LogP contribution in [0.1, 0.15) is 0 Å². The Labute approximate surface area is 68.6 Å². The number of fused-ring (bicyclic) bond motifs is 3. The van der Waals surface area contributed by atoms with Crippen LogP contribution >= 0.6 is 0 Å².